The number of ether oxygens (including phenoxy) is 1. The zero-order valence-electron chi connectivity index (χ0n) is 16.9. The normalized spacial score (nSPS) is 10.9. The largest absolute Gasteiger partial charge is 0.495 e. The van der Waals surface area contributed by atoms with E-state index in [0.717, 1.165) is 22.6 Å². The monoisotopic (exact) mass is 419 g/mol. The van der Waals surface area contributed by atoms with Crippen LogP contribution in [0.15, 0.2) is 66.9 Å². The Bertz CT molecular complexity index is 1200. The molecule has 4 rings (SSSR count). The third kappa shape index (κ3) is 4.16. The summed E-state index contributed by atoms with van der Waals surface area (Å²) < 4.78 is 7.20. The Kier molecular flexibility index (Phi) is 5.72. The van der Waals surface area contributed by atoms with E-state index in [1.165, 1.54) is 5.56 Å². The van der Waals surface area contributed by atoms with Crippen molar-refractivity contribution in [3.05, 3.63) is 83.1 Å². The Morgan fingerprint density at radius 1 is 1.13 bits per heavy atom. The highest BCUT2D eigenvalue weighted by Crippen LogP contribution is 2.28. The summed E-state index contributed by atoms with van der Waals surface area (Å²) in [6.07, 6.45) is 2.87. The van der Waals surface area contributed by atoms with Gasteiger partial charge >= 0.3 is 0 Å². The van der Waals surface area contributed by atoms with Gasteiger partial charge in [0.05, 0.1) is 23.5 Å². The van der Waals surface area contributed by atoms with Gasteiger partial charge in [0, 0.05) is 23.9 Å². The number of anilines is 1. The third-order valence-electron chi connectivity index (χ3n) is 4.98. The van der Waals surface area contributed by atoms with Gasteiger partial charge in [-0.05, 0) is 43.7 Å². The number of carbonyl (C=O) groups is 1. The van der Waals surface area contributed by atoms with Crippen molar-refractivity contribution in [3.63, 3.8) is 0 Å². The molecule has 0 radical (unpaired) electrons. The summed E-state index contributed by atoms with van der Waals surface area (Å²) in [6.45, 7) is 2.06. The second kappa shape index (κ2) is 8.59. The van der Waals surface area contributed by atoms with E-state index >= 15 is 0 Å². The summed E-state index contributed by atoms with van der Waals surface area (Å²) in [7, 11) is 1.56. The number of aryl methyl sites for hydroxylation is 2. The van der Waals surface area contributed by atoms with Crippen molar-refractivity contribution < 1.29 is 9.53 Å². The Hall–Kier alpha value is -3.31. The Labute approximate surface area is 180 Å². The molecule has 2 aromatic carbocycles. The Morgan fingerprint density at radius 3 is 2.67 bits per heavy atom. The van der Waals surface area contributed by atoms with E-state index in [-0.39, 0.29) is 5.91 Å². The number of nitrogens with one attached hydrogen (secondary N) is 1. The number of fused-ring (bicyclic) bond motifs is 1. The molecule has 0 aliphatic rings. The van der Waals surface area contributed by atoms with Crippen LogP contribution >= 0.6 is 11.6 Å². The predicted octanol–water partition coefficient (Wildman–Crippen LogP) is 5.54. The lowest BCUT2D eigenvalue weighted by Gasteiger charge is -2.09. The maximum Gasteiger partial charge on any atom is 0.224 e. The SMILES string of the molecule is COc1ccc(NC(=O)CCc2c(-c3ccc(C)cc3)nc3ccccn23)cc1Cl. The Balaban J connectivity index is 1.56. The number of halogens is 1. The quantitative estimate of drug-likeness (QED) is 0.446. The van der Waals surface area contributed by atoms with Gasteiger partial charge in [0.15, 0.2) is 0 Å². The van der Waals surface area contributed by atoms with Gasteiger partial charge < -0.3 is 14.5 Å². The molecule has 1 N–H and O–H groups in total. The number of hydrogen-bond acceptors (Lipinski definition) is 3. The first-order valence-electron chi connectivity index (χ1n) is 9.71. The van der Waals surface area contributed by atoms with Crippen LogP contribution in [-0.4, -0.2) is 22.4 Å². The number of amides is 1. The van der Waals surface area contributed by atoms with Crippen LogP contribution in [0.4, 0.5) is 5.69 Å². The number of methoxy groups -OCH3 is 1. The van der Waals surface area contributed by atoms with Crippen molar-refractivity contribution in [2.75, 3.05) is 12.4 Å². The van der Waals surface area contributed by atoms with Crippen molar-refractivity contribution in [1.29, 1.82) is 0 Å². The van der Waals surface area contributed by atoms with Crippen LogP contribution in [0.2, 0.25) is 5.02 Å². The molecular weight excluding hydrogens is 398 g/mol. The van der Waals surface area contributed by atoms with Gasteiger partial charge in [0.2, 0.25) is 5.91 Å². The number of pyridine rings is 1. The number of nitrogens with zero attached hydrogens (tertiary/aromatic N) is 2. The minimum Gasteiger partial charge on any atom is -0.495 e. The topological polar surface area (TPSA) is 55.6 Å². The molecule has 0 spiro atoms. The minimum atomic E-state index is -0.0861. The van der Waals surface area contributed by atoms with Crippen LogP contribution < -0.4 is 10.1 Å². The fraction of sp³-hybridized carbons (Fsp3) is 0.167. The molecule has 0 saturated heterocycles. The zero-order valence-corrected chi connectivity index (χ0v) is 17.6. The second-order valence-corrected chi connectivity index (χ2v) is 7.51. The van der Waals surface area contributed by atoms with E-state index in [9.17, 15) is 4.79 Å². The smallest absolute Gasteiger partial charge is 0.224 e. The molecule has 0 fully saturated rings. The summed E-state index contributed by atoms with van der Waals surface area (Å²) in [4.78, 5) is 17.4. The van der Waals surface area contributed by atoms with E-state index in [1.807, 2.05) is 28.8 Å². The fourth-order valence-corrected chi connectivity index (χ4v) is 3.69. The molecule has 4 aromatic rings. The zero-order chi connectivity index (χ0) is 21.1. The first-order chi connectivity index (χ1) is 14.5. The number of rotatable bonds is 6. The van der Waals surface area contributed by atoms with Crippen molar-refractivity contribution in [3.8, 4) is 17.0 Å². The molecule has 2 aromatic heterocycles. The number of aromatic nitrogens is 2. The molecule has 0 bridgehead atoms. The summed E-state index contributed by atoms with van der Waals surface area (Å²) in [5, 5.41) is 3.36. The average molecular weight is 420 g/mol. The lowest BCUT2D eigenvalue weighted by atomic mass is 10.1. The van der Waals surface area contributed by atoms with Gasteiger partial charge in [0.1, 0.15) is 11.4 Å². The van der Waals surface area contributed by atoms with E-state index in [2.05, 4.69) is 36.5 Å². The van der Waals surface area contributed by atoms with Gasteiger partial charge in [-0.15, -0.1) is 0 Å². The lowest BCUT2D eigenvalue weighted by molar-refractivity contribution is -0.116. The van der Waals surface area contributed by atoms with Gasteiger partial charge in [-0.1, -0.05) is 47.5 Å². The van der Waals surface area contributed by atoms with Crippen molar-refractivity contribution in [2.24, 2.45) is 0 Å². The van der Waals surface area contributed by atoms with Crippen molar-refractivity contribution >= 4 is 28.8 Å². The fourth-order valence-electron chi connectivity index (χ4n) is 3.43. The molecule has 0 saturated carbocycles. The van der Waals surface area contributed by atoms with E-state index < -0.39 is 0 Å². The standard InChI is InChI=1S/C24H22ClN3O2/c1-16-6-8-17(9-7-16)24-20(28-14-4-3-5-22(28)27-24)11-13-23(29)26-18-10-12-21(30-2)19(25)15-18/h3-10,12,14-15H,11,13H2,1-2H3,(H,26,29). The molecule has 30 heavy (non-hydrogen) atoms. The van der Waals surface area contributed by atoms with Crippen LogP contribution in [-0.2, 0) is 11.2 Å². The van der Waals surface area contributed by atoms with Gasteiger partial charge in [0.25, 0.3) is 0 Å². The maximum absolute atomic E-state index is 12.6. The molecule has 0 unspecified atom stereocenters. The molecule has 6 heteroatoms. The molecule has 0 aliphatic heterocycles. The number of benzene rings is 2. The van der Waals surface area contributed by atoms with Crippen LogP contribution in [0.25, 0.3) is 16.9 Å². The molecule has 152 valence electrons. The van der Waals surface area contributed by atoms with Crippen LogP contribution in [0.5, 0.6) is 5.75 Å². The maximum atomic E-state index is 12.6. The highest BCUT2D eigenvalue weighted by molar-refractivity contribution is 6.32. The molecule has 0 atom stereocenters. The number of imidazole rings is 1. The predicted molar refractivity (Wildman–Crippen MR) is 120 cm³/mol. The molecular formula is C24H22ClN3O2. The van der Waals surface area contributed by atoms with E-state index in [1.54, 1.807) is 25.3 Å². The van der Waals surface area contributed by atoms with Crippen molar-refractivity contribution in [2.45, 2.75) is 19.8 Å². The summed E-state index contributed by atoms with van der Waals surface area (Å²) >= 11 is 6.15. The molecule has 5 nitrogen and oxygen atoms in total. The van der Waals surface area contributed by atoms with Crippen molar-refractivity contribution in [1.82, 2.24) is 9.38 Å². The van der Waals surface area contributed by atoms with Crippen LogP contribution in [0, 0.1) is 6.92 Å². The number of carbonyl (C=O) groups excluding carboxylic acids is 1. The van der Waals surface area contributed by atoms with Gasteiger partial charge in [-0.3, -0.25) is 4.79 Å². The molecule has 1 amide bonds. The first kappa shape index (κ1) is 20.0. The summed E-state index contributed by atoms with van der Waals surface area (Å²) in [5.41, 5.74) is 5.66. The number of hydrogen-bond donors (Lipinski definition) is 1. The van der Waals surface area contributed by atoms with E-state index in [4.69, 9.17) is 21.3 Å². The summed E-state index contributed by atoms with van der Waals surface area (Å²) in [5.74, 6) is 0.486. The highest BCUT2D eigenvalue weighted by Gasteiger charge is 2.15. The van der Waals surface area contributed by atoms with E-state index in [0.29, 0.717) is 29.3 Å². The Morgan fingerprint density at radius 2 is 1.93 bits per heavy atom. The molecule has 0 aliphatic carbocycles. The second-order valence-electron chi connectivity index (χ2n) is 7.10. The van der Waals surface area contributed by atoms with Crippen LogP contribution in [0.3, 0.4) is 0 Å². The van der Waals surface area contributed by atoms with Gasteiger partial charge in [-0.25, -0.2) is 4.98 Å². The lowest BCUT2D eigenvalue weighted by Crippen LogP contribution is -2.13. The van der Waals surface area contributed by atoms with Crippen LogP contribution in [0.1, 0.15) is 17.7 Å². The first-order valence-corrected chi connectivity index (χ1v) is 10.1. The average Bonchev–Trinajstić information content (AvgIpc) is 3.11. The highest BCUT2D eigenvalue weighted by atomic mass is 35.5. The molecule has 2 heterocycles. The summed E-state index contributed by atoms with van der Waals surface area (Å²) in [6, 6.07) is 19.4. The minimum absolute atomic E-state index is 0.0861. The van der Waals surface area contributed by atoms with Gasteiger partial charge in [-0.2, -0.15) is 0 Å². The third-order valence-corrected chi connectivity index (χ3v) is 5.27.